The first-order chi connectivity index (χ1) is 21.6. The lowest BCUT2D eigenvalue weighted by Crippen LogP contribution is -2.46. The van der Waals surface area contributed by atoms with Gasteiger partial charge in [0.25, 0.3) is 11.1 Å². The van der Waals surface area contributed by atoms with Crippen LogP contribution in [0.25, 0.3) is 22.3 Å². The molecule has 2 bridgehead atoms. The number of thiol groups is 1. The van der Waals surface area contributed by atoms with E-state index in [1.807, 2.05) is 0 Å². The Balaban J connectivity index is 1.28. The third-order valence-electron chi connectivity index (χ3n) is 7.26. The normalized spacial score (nSPS) is 36.7. The molecule has 27 heteroatoms. The van der Waals surface area contributed by atoms with Crippen molar-refractivity contribution in [3.8, 4) is 0 Å². The Hall–Kier alpha value is -2.83. The Labute approximate surface area is 261 Å². The number of H-pyrrole nitrogens is 2. The summed E-state index contributed by atoms with van der Waals surface area (Å²) in [5.41, 5.74) is 0.225. The molecule has 8 atom stereocenters. The molecule has 5 N–H and O–H groups in total. The zero-order valence-corrected chi connectivity index (χ0v) is 25.9. The van der Waals surface area contributed by atoms with Crippen molar-refractivity contribution in [1.29, 1.82) is 0 Å². The van der Waals surface area contributed by atoms with Crippen LogP contribution in [0.15, 0.2) is 22.2 Å². The summed E-state index contributed by atoms with van der Waals surface area (Å²) < 4.78 is 95.7. The van der Waals surface area contributed by atoms with Crippen LogP contribution in [0.4, 0.5) is 19.1 Å². The van der Waals surface area contributed by atoms with E-state index in [1.165, 1.54) is 0 Å². The molecule has 3 aliphatic heterocycles. The first-order valence-corrected chi connectivity index (χ1v) is 18.1. The molecule has 0 amide bonds. The van der Waals surface area contributed by atoms with E-state index in [0.717, 1.165) is 17.2 Å². The van der Waals surface area contributed by atoms with Gasteiger partial charge in [0.1, 0.15) is 12.2 Å². The smallest absolute Gasteiger partial charge is 0.369 e. The van der Waals surface area contributed by atoms with Crippen molar-refractivity contribution >= 4 is 65.8 Å². The van der Waals surface area contributed by atoms with Crippen molar-refractivity contribution < 1.29 is 50.2 Å². The number of nitrogens with one attached hydrogen (secondary N) is 2. The number of hydrogen-bond acceptors (Lipinski definition) is 16. The summed E-state index contributed by atoms with van der Waals surface area (Å²) in [6.07, 6.45) is -8.87. The third-order valence-corrected chi connectivity index (χ3v) is 10.4. The standard InChI is InChI=1S/C19H19F3N10O10P2S2/c20-10-6-1-38-43(35,45)41-11-7(40-16(19(11,21)22)32-12-9(29-30-32)14(33)25-4-24-12)2-39-44(36,46)42-18(10,3-37-6)31-5-26-8-13(31)27-17(23)28-15(8)34/h4-7,10-11,16H,1-3H2,(H,35,45)(H,36,46)(H,24,25,33)(H3,23,27,28,34)/t6-,7-,10-,11-,16-,18+,43?,44?/m1/s1. The second-order valence-electron chi connectivity index (χ2n) is 10.1. The zero-order valence-electron chi connectivity index (χ0n) is 22.4. The Morgan fingerprint density at radius 3 is 2.70 bits per heavy atom. The van der Waals surface area contributed by atoms with E-state index in [0.29, 0.717) is 4.68 Å². The summed E-state index contributed by atoms with van der Waals surface area (Å²) in [5.74, 6) is -4.50. The molecule has 3 saturated heterocycles. The number of aromatic amines is 2. The Kier molecular flexibility index (Phi) is 7.49. The van der Waals surface area contributed by atoms with Gasteiger partial charge >= 0.3 is 19.4 Å². The second-order valence-corrected chi connectivity index (χ2v) is 15.8. The van der Waals surface area contributed by atoms with Crippen LogP contribution in [0.2, 0.25) is 0 Å². The van der Waals surface area contributed by atoms with Crippen LogP contribution in [0, 0.1) is 0 Å². The number of ether oxygens (including phenoxy) is 2. The van der Waals surface area contributed by atoms with Gasteiger partial charge in [0.05, 0.1) is 32.5 Å². The lowest BCUT2D eigenvalue weighted by Gasteiger charge is -2.33. The SMILES string of the molecule is Nc1nc2c(ncn2[C@@]23CO[C@H](COP(O)(=S)O[C@@H]4[C@@H](COP(=O)(S)O2)O[C@@H](n2nnc5c(=O)[nH]cnc52)C4(F)F)[C@H]3F)c(=O)[nH]1. The lowest BCUT2D eigenvalue weighted by molar-refractivity contribution is -0.140. The molecule has 7 rings (SSSR count). The minimum absolute atomic E-state index is 0.302. The molecule has 0 aromatic carbocycles. The maximum Gasteiger partial charge on any atom is 0.388 e. The number of nitrogens with zero attached hydrogens (tertiary/aromatic N) is 7. The van der Waals surface area contributed by atoms with E-state index in [4.69, 9.17) is 45.1 Å². The largest absolute Gasteiger partial charge is 0.388 e. The molecule has 0 spiro atoms. The van der Waals surface area contributed by atoms with E-state index in [-0.39, 0.29) is 17.1 Å². The summed E-state index contributed by atoms with van der Waals surface area (Å²) in [6.45, 7) is -12.1. The molecule has 248 valence electrons. The monoisotopic (exact) mass is 730 g/mol. The Morgan fingerprint density at radius 1 is 1.15 bits per heavy atom. The molecule has 0 radical (unpaired) electrons. The highest BCUT2D eigenvalue weighted by Gasteiger charge is 2.64. The van der Waals surface area contributed by atoms with Gasteiger partial charge < -0.3 is 29.6 Å². The van der Waals surface area contributed by atoms with Gasteiger partial charge in [-0.2, -0.15) is 18.4 Å². The number of nitrogens with two attached hydrogens (primary N) is 1. The summed E-state index contributed by atoms with van der Waals surface area (Å²) in [6, 6.07) is 0. The highest BCUT2D eigenvalue weighted by molar-refractivity contribution is 8.44. The first-order valence-electron chi connectivity index (χ1n) is 12.8. The maximum atomic E-state index is 16.3. The molecule has 4 aromatic heterocycles. The molecular weight excluding hydrogens is 711 g/mol. The number of hydrogen-bond donors (Lipinski definition) is 5. The van der Waals surface area contributed by atoms with Gasteiger partial charge in [-0.25, -0.2) is 18.9 Å². The van der Waals surface area contributed by atoms with Gasteiger partial charge in [0.15, 0.2) is 34.6 Å². The van der Waals surface area contributed by atoms with E-state index < -0.39 is 98.0 Å². The quantitative estimate of drug-likeness (QED) is 0.133. The fraction of sp³-hybridized carbons (Fsp3) is 0.526. The van der Waals surface area contributed by atoms with Gasteiger partial charge in [0.2, 0.25) is 17.9 Å². The van der Waals surface area contributed by atoms with Crippen molar-refractivity contribution in [2.75, 3.05) is 25.6 Å². The van der Waals surface area contributed by atoms with Crippen LogP contribution in [0.3, 0.4) is 0 Å². The Morgan fingerprint density at radius 2 is 1.91 bits per heavy atom. The number of nitrogen functional groups attached to an aromatic ring is 1. The molecule has 0 saturated carbocycles. The average Bonchev–Trinajstić information content (AvgIpc) is 3.72. The number of imidazole rings is 1. The highest BCUT2D eigenvalue weighted by atomic mass is 32.7. The minimum Gasteiger partial charge on any atom is -0.369 e. The molecule has 7 heterocycles. The van der Waals surface area contributed by atoms with Crippen LogP contribution < -0.4 is 16.9 Å². The summed E-state index contributed by atoms with van der Waals surface area (Å²) in [5, 5.41) is 7.13. The van der Waals surface area contributed by atoms with E-state index in [9.17, 15) is 19.0 Å². The van der Waals surface area contributed by atoms with Crippen LogP contribution in [0.5, 0.6) is 0 Å². The predicted molar refractivity (Wildman–Crippen MR) is 151 cm³/mol. The van der Waals surface area contributed by atoms with Crippen LogP contribution in [-0.4, -0.2) is 99.6 Å². The van der Waals surface area contributed by atoms with Crippen LogP contribution in [0.1, 0.15) is 6.23 Å². The van der Waals surface area contributed by atoms with E-state index >= 15 is 13.2 Å². The van der Waals surface area contributed by atoms with Gasteiger partial charge in [-0.05, 0) is 11.8 Å². The fourth-order valence-corrected chi connectivity index (χ4v) is 8.28. The number of alkyl halides is 3. The van der Waals surface area contributed by atoms with Crippen molar-refractivity contribution in [3.63, 3.8) is 0 Å². The predicted octanol–water partition coefficient (Wildman–Crippen LogP) is -0.144. The Bertz CT molecular complexity index is 2080. The highest BCUT2D eigenvalue weighted by Crippen LogP contribution is 2.61. The molecule has 3 fully saturated rings. The van der Waals surface area contributed by atoms with Crippen molar-refractivity contribution in [1.82, 2.24) is 44.5 Å². The van der Waals surface area contributed by atoms with Crippen molar-refractivity contribution in [2.45, 2.75) is 42.4 Å². The van der Waals surface area contributed by atoms with Gasteiger partial charge in [-0.15, -0.1) is 5.10 Å². The molecule has 20 nitrogen and oxygen atoms in total. The van der Waals surface area contributed by atoms with Crippen LogP contribution in [-0.2, 0) is 49.7 Å². The van der Waals surface area contributed by atoms with Crippen LogP contribution >= 0.6 is 25.8 Å². The number of rotatable bonds is 2. The maximum absolute atomic E-state index is 16.3. The molecule has 46 heavy (non-hydrogen) atoms. The summed E-state index contributed by atoms with van der Waals surface area (Å²) in [4.78, 5) is 51.4. The lowest BCUT2D eigenvalue weighted by atomic mass is 10.1. The second kappa shape index (κ2) is 10.8. The van der Waals surface area contributed by atoms with Gasteiger partial charge in [-0.3, -0.25) is 32.7 Å². The first kappa shape index (κ1) is 31.8. The topological polar surface area (TPSA) is 259 Å². The molecular formula is C19H19F3N10O10P2S2. The summed E-state index contributed by atoms with van der Waals surface area (Å²) in [7, 11) is 0. The number of aromatic nitrogens is 9. The third kappa shape index (κ3) is 5.10. The molecule has 4 aromatic rings. The number of fused-ring (bicyclic) bond motifs is 5. The average molecular weight is 730 g/mol. The fourth-order valence-electron chi connectivity index (χ4n) is 5.21. The molecule has 2 unspecified atom stereocenters. The van der Waals surface area contributed by atoms with E-state index in [1.54, 1.807) is 0 Å². The molecule has 0 aliphatic carbocycles. The van der Waals surface area contributed by atoms with Crippen molar-refractivity contribution in [2.24, 2.45) is 0 Å². The minimum atomic E-state index is -4.81. The van der Waals surface area contributed by atoms with Crippen molar-refractivity contribution in [3.05, 3.63) is 33.4 Å². The van der Waals surface area contributed by atoms with Gasteiger partial charge in [-0.1, -0.05) is 17.5 Å². The zero-order chi connectivity index (χ0) is 32.8. The van der Waals surface area contributed by atoms with Gasteiger partial charge in [0, 0.05) is 0 Å². The summed E-state index contributed by atoms with van der Waals surface area (Å²) >= 11 is 8.89. The van der Waals surface area contributed by atoms with E-state index in [2.05, 4.69) is 47.5 Å². The molecule has 3 aliphatic rings. The number of halogens is 3. The number of anilines is 1.